The molecule has 0 aliphatic rings. The van der Waals surface area contributed by atoms with Gasteiger partial charge in [0, 0.05) is 0 Å². The van der Waals surface area contributed by atoms with Crippen molar-refractivity contribution in [3.05, 3.63) is 35.4 Å². The zero-order valence-corrected chi connectivity index (χ0v) is 7.83. The summed E-state index contributed by atoms with van der Waals surface area (Å²) in [5.41, 5.74) is 4.95. The van der Waals surface area contributed by atoms with E-state index >= 15 is 0 Å². The average Bonchev–Trinajstić information content (AvgIpc) is 2.17. The van der Waals surface area contributed by atoms with Crippen LogP contribution in [0.1, 0.15) is 18.1 Å². The lowest BCUT2D eigenvalue weighted by molar-refractivity contribution is -0.143. The first kappa shape index (κ1) is 10.7. The summed E-state index contributed by atoms with van der Waals surface area (Å²) in [4.78, 5) is 10.8. The Morgan fingerprint density at radius 1 is 1.64 bits per heavy atom. The van der Waals surface area contributed by atoms with Gasteiger partial charge < -0.3 is 10.8 Å². The maximum Gasteiger partial charge on any atom is 0.328 e. The number of hydrogen-bond acceptors (Lipinski definition) is 2. The van der Waals surface area contributed by atoms with E-state index in [2.05, 4.69) is 0 Å². The highest BCUT2D eigenvalue weighted by atomic mass is 19.1. The van der Waals surface area contributed by atoms with Crippen LogP contribution in [0, 0.1) is 0 Å². The van der Waals surface area contributed by atoms with E-state index in [0.29, 0.717) is 11.1 Å². The van der Waals surface area contributed by atoms with Gasteiger partial charge in [0.25, 0.3) is 0 Å². The minimum absolute atomic E-state index is 0.403. The number of nitrogens with two attached hydrogens (primary N) is 1. The molecule has 0 aliphatic carbocycles. The molecule has 3 nitrogen and oxygen atoms in total. The Morgan fingerprint density at radius 3 is 2.79 bits per heavy atom. The number of rotatable bonds is 3. The molecule has 1 aromatic carbocycles. The van der Waals surface area contributed by atoms with E-state index in [4.69, 9.17) is 10.8 Å². The van der Waals surface area contributed by atoms with Crippen molar-refractivity contribution in [2.45, 2.75) is 19.1 Å². The van der Waals surface area contributed by atoms with E-state index in [1.807, 2.05) is 0 Å². The highest BCUT2D eigenvalue weighted by molar-refractivity contribution is 5.79. The zero-order chi connectivity index (χ0) is 10.8. The second kappa shape index (κ2) is 3.75. The number of alkyl halides is 1. The summed E-state index contributed by atoms with van der Waals surface area (Å²) in [5, 5.41) is 8.84. The van der Waals surface area contributed by atoms with Crippen LogP contribution in [0.15, 0.2) is 24.3 Å². The molecule has 1 aromatic rings. The highest BCUT2D eigenvalue weighted by Gasteiger charge is 2.30. The molecule has 0 aliphatic heterocycles. The molecule has 1 unspecified atom stereocenters. The zero-order valence-electron chi connectivity index (χ0n) is 7.83. The maximum absolute atomic E-state index is 12.3. The van der Waals surface area contributed by atoms with Crippen molar-refractivity contribution < 1.29 is 14.3 Å². The maximum atomic E-state index is 12.3. The van der Waals surface area contributed by atoms with Gasteiger partial charge in [0.1, 0.15) is 12.2 Å². The van der Waals surface area contributed by atoms with E-state index < -0.39 is 18.2 Å². The molecule has 0 radical (unpaired) electrons. The van der Waals surface area contributed by atoms with Crippen molar-refractivity contribution in [1.82, 2.24) is 0 Å². The first-order chi connectivity index (χ1) is 6.48. The molecule has 0 fully saturated rings. The molecule has 0 heterocycles. The molecule has 3 N–H and O–H groups in total. The molecular formula is C10H12FNO2. The predicted octanol–water partition coefficient (Wildman–Crippen LogP) is 1.41. The van der Waals surface area contributed by atoms with Crippen molar-refractivity contribution in [3.63, 3.8) is 0 Å². The topological polar surface area (TPSA) is 63.3 Å². The fraction of sp³-hybridized carbons (Fsp3) is 0.300. The van der Waals surface area contributed by atoms with Gasteiger partial charge in [-0.1, -0.05) is 24.3 Å². The van der Waals surface area contributed by atoms with E-state index in [-0.39, 0.29) is 0 Å². The second-order valence-electron chi connectivity index (χ2n) is 3.34. The Bertz CT molecular complexity index is 350. The molecular weight excluding hydrogens is 185 g/mol. The third-order valence-electron chi connectivity index (χ3n) is 2.13. The van der Waals surface area contributed by atoms with E-state index in [9.17, 15) is 9.18 Å². The van der Waals surface area contributed by atoms with Crippen LogP contribution in [-0.2, 0) is 17.0 Å². The van der Waals surface area contributed by atoms with Gasteiger partial charge in [0.05, 0.1) is 0 Å². The molecule has 76 valence electrons. The van der Waals surface area contributed by atoms with Crippen molar-refractivity contribution in [1.29, 1.82) is 0 Å². The summed E-state index contributed by atoms with van der Waals surface area (Å²) in [6.07, 6.45) is 0. The Labute approximate surface area is 81.4 Å². The summed E-state index contributed by atoms with van der Waals surface area (Å²) in [7, 11) is 0. The van der Waals surface area contributed by atoms with Crippen LogP contribution in [0.4, 0.5) is 4.39 Å². The molecule has 14 heavy (non-hydrogen) atoms. The minimum atomic E-state index is -1.47. The van der Waals surface area contributed by atoms with E-state index in [1.54, 1.807) is 18.2 Å². The number of carboxylic acid groups (broad SMARTS) is 1. The van der Waals surface area contributed by atoms with Gasteiger partial charge in [0.15, 0.2) is 0 Å². The van der Waals surface area contributed by atoms with Crippen molar-refractivity contribution in [2.24, 2.45) is 5.73 Å². The quantitative estimate of drug-likeness (QED) is 0.770. The lowest BCUT2D eigenvalue weighted by Gasteiger charge is -2.19. The molecule has 0 saturated carbocycles. The monoisotopic (exact) mass is 197 g/mol. The Morgan fingerprint density at radius 2 is 2.29 bits per heavy atom. The molecule has 1 atom stereocenters. The molecule has 0 saturated heterocycles. The summed E-state index contributed by atoms with van der Waals surface area (Å²) in [6, 6.07) is 6.22. The Balaban J connectivity index is 3.12. The average molecular weight is 197 g/mol. The summed E-state index contributed by atoms with van der Waals surface area (Å²) in [5.74, 6) is -1.13. The van der Waals surface area contributed by atoms with Crippen molar-refractivity contribution in [3.8, 4) is 0 Å². The first-order valence-corrected chi connectivity index (χ1v) is 4.16. The van der Waals surface area contributed by atoms with Gasteiger partial charge in [-0.05, 0) is 18.1 Å². The predicted molar refractivity (Wildman–Crippen MR) is 50.4 cm³/mol. The normalized spacial score (nSPS) is 14.8. The van der Waals surface area contributed by atoms with Crippen molar-refractivity contribution >= 4 is 5.97 Å². The number of hydrogen-bond donors (Lipinski definition) is 2. The number of aliphatic carboxylic acids is 1. The Hall–Kier alpha value is -1.42. The third-order valence-corrected chi connectivity index (χ3v) is 2.13. The Kier molecular flexibility index (Phi) is 2.86. The molecule has 4 heteroatoms. The largest absolute Gasteiger partial charge is 0.480 e. The van der Waals surface area contributed by atoms with Gasteiger partial charge in [-0.3, -0.25) is 0 Å². The SMILES string of the molecule is CC(N)(C(=O)O)c1cccc(CF)c1. The molecule has 0 amide bonds. The van der Waals surface area contributed by atoms with Crippen LogP contribution < -0.4 is 5.73 Å². The number of benzene rings is 1. The van der Waals surface area contributed by atoms with Crippen molar-refractivity contribution in [2.75, 3.05) is 0 Å². The molecule has 0 bridgehead atoms. The first-order valence-electron chi connectivity index (χ1n) is 4.16. The summed E-state index contributed by atoms with van der Waals surface area (Å²) >= 11 is 0. The number of halogens is 1. The van der Waals surface area contributed by atoms with Gasteiger partial charge in [-0.2, -0.15) is 0 Å². The second-order valence-corrected chi connectivity index (χ2v) is 3.34. The minimum Gasteiger partial charge on any atom is -0.480 e. The van der Waals surface area contributed by atoms with Crippen LogP contribution >= 0.6 is 0 Å². The van der Waals surface area contributed by atoms with Gasteiger partial charge in [0.2, 0.25) is 0 Å². The number of carbonyl (C=O) groups is 1. The van der Waals surface area contributed by atoms with E-state index in [0.717, 1.165) is 0 Å². The van der Waals surface area contributed by atoms with Crippen LogP contribution in [0.2, 0.25) is 0 Å². The highest BCUT2D eigenvalue weighted by Crippen LogP contribution is 2.19. The fourth-order valence-corrected chi connectivity index (χ4v) is 1.10. The lowest BCUT2D eigenvalue weighted by atomic mass is 9.92. The third kappa shape index (κ3) is 1.90. The van der Waals surface area contributed by atoms with Crippen LogP contribution in [0.3, 0.4) is 0 Å². The summed E-state index contributed by atoms with van der Waals surface area (Å²) in [6.45, 7) is 0.760. The van der Waals surface area contributed by atoms with Crippen LogP contribution in [0.5, 0.6) is 0 Å². The standard InChI is InChI=1S/C10H12FNO2/c1-10(12,9(13)14)8-4-2-3-7(5-8)6-11/h2-5H,6,12H2,1H3,(H,13,14). The number of carboxylic acids is 1. The van der Waals surface area contributed by atoms with Crippen LogP contribution in [0.25, 0.3) is 0 Å². The molecule has 0 spiro atoms. The molecule has 1 rings (SSSR count). The fourth-order valence-electron chi connectivity index (χ4n) is 1.10. The van der Waals surface area contributed by atoms with Gasteiger partial charge >= 0.3 is 5.97 Å². The van der Waals surface area contributed by atoms with Gasteiger partial charge in [-0.25, -0.2) is 9.18 Å². The summed E-state index contributed by atoms with van der Waals surface area (Å²) < 4.78 is 12.3. The van der Waals surface area contributed by atoms with Crippen LogP contribution in [-0.4, -0.2) is 11.1 Å². The smallest absolute Gasteiger partial charge is 0.328 e. The van der Waals surface area contributed by atoms with Gasteiger partial charge in [-0.15, -0.1) is 0 Å². The lowest BCUT2D eigenvalue weighted by Crippen LogP contribution is -2.41. The molecule has 0 aromatic heterocycles. The van der Waals surface area contributed by atoms with E-state index in [1.165, 1.54) is 13.0 Å².